The lowest BCUT2D eigenvalue weighted by Crippen LogP contribution is -2.60. The maximum Gasteiger partial charge on any atom is 0.308 e. The zero-order chi connectivity index (χ0) is 34.8. The lowest BCUT2D eigenvalue weighted by Gasteiger charge is -2.38. The molecule has 3 aliphatic heterocycles. The highest BCUT2D eigenvalue weighted by Gasteiger charge is 2.43. The van der Waals surface area contributed by atoms with Crippen LogP contribution in [0, 0.1) is 11.8 Å². The number of amides is 5. The number of rotatable bonds is 9. The van der Waals surface area contributed by atoms with Crippen molar-refractivity contribution in [2.45, 2.75) is 109 Å². The van der Waals surface area contributed by atoms with Crippen LogP contribution < -0.4 is 10.6 Å². The highest BCUT2D eigenvalue weighted by atomic mass is 16.6. The molecule has 2 unspecified atom stereocenters. The molecule has 5 amide bonds. The van der Waals surface area contributed by atoms with Crippen LogP contribution in [0.25, 0.3) is 10.4 Å². The number of hydrogen-bond acceptors (Lipinski definition) is 9. The molecule has 0 spiro atoms. The van der Waals surface area contributed by atoms with E-state index in [0.29, 0.717) is 25.9 Å². The molecule has 16 nitrogen and oxygen atoms in total. The normalized spacial score (nSPS) is 28.6. The molecule has 0 bridgehead atoms. The largest absolute Gasteiger partial charge is 0.452 e. The highest BCUT2D eigenvalue weighted by Crippen LogP contribution is 2.25. The van der Waals surface area contributed by atoms with Crippen molar-refractivity contribution in [1.82, 2.24) is 25.3 Å². The zero-order valence-corrected chi connectivity index (χ0v) is 28.3. The summed E-state index contributed by atoms with van der Waals surface area (Å²) in [7, 11) is 2.99. The molecule has 0 aliphatic carbocycles. The number of nitrogens with one attached hydrogen (secondary N) is 2. The van der Waals surface area contributed by atoms with Crippen molar-refractivity contribution in [2.75, 3.05) is 40.3 Å². The van der Waals surface area contributed by atoms with E-state index in [0.717, 1.165) is 0 Å². The molecule has 47 heavy (non-hydrogen) atoms. The number of carbonyl (C=O) groups excluding carboxylic acids is 6. The van der Waals surface area contributed by atoms with E-state index in [2.05, 4.69) is 20.7 Å². The molecular formula is C31H50N8O8. The highest BCUT2D eigenvalue weighted by molar-refractivity contribution is 5.96. The van der Waals surface area contributed by atoms with Gasteiger partial charge >= 0.3 is 5.97 Å². The van der Waals surface area contributed by atoms with Crippen molar-refractivity contribution in [3.63, 3.8) is 0 Å². The maximum absolute atomic E-state index is 14.1. The minimum atomic E-state index is -1.18. The van der Waals surface area contributed by atoms with Gasteiger partial charge in [0.05, 0.1) is 19.1 Å². The first-order chi connectivity index (χ1) is 22.3. The van der Waals surface area contributed by atoms with Crippen molar-refractivity contribution in [3.8, 4) is 0 Å². The summed E-state index contributed by atoms with van der Waals surface area (Å²) in [5, 5.41) is 9.08. The van der Waals surface area contributed by atoms with Gasteiger partial charge in [0.25, 0.3) is 5.91 Å². The molecule has 16 heteroatoms. The Balaban J connectivity index is 2.00. The molecule has 0 aromatic rings. The van der Waals surface area contributed by atoms with Crippen LogP contribution in [-0.4, -0.2) is 127 Å². The van der Waals surface area contributed by atoms with E-state index in [-0.39, 0.29) is 63.3 Å². The number of ether oxygens (including phenoxy) is 2. The number of azide groups is 1. The first-order valence-corrected chi connectivity index (χ1v) is 16.5. The Hall–Kier alpha value is -3.91. The Labute approximate surface area is 275 Å². The zero-order valence-electron chi connectivity index (χ0n) is 28.3. The third-order valence-corrected chi connectivity index (χ3v) is 8.78. The van der Waals surface area contributed by atoms with Crippen molar-refractivity contribution >= 4 is 35.5 Å². The van der Waals surface area contributed by atoms with Gasteiger partial charge in [0.2, 0.25) is 23.6 Å². The molecule has 2 N–H and O–H groups in total. The fraction of sp³-hybridized carbons (Fsp3) is 0.806. The molecule has 3 heterocycles. The van der Waals surface area contributed by atoms with Gasteiger partial charge in [-0.05, 0) is 49.5 Å². The number of esters is 1. The Bertz CT molecular complexity index is 1220. The summed E-state index contributed by atoms with van der Waals surface area (Å²) < 4.78 is 10.9. The van der Waals surface area contributed by atoms with Crippen LogP contribution in [0.4, 0.5) is 0 Å². The Kier molecular flexibility index (Phi) is 13.8. The minimum absolute atomic E-state index is 0.00271. The van der Waals surface area contributed by atoms with E-state index in [1.165, 1.54) is 28.8 Å². The second-order valence-electron chi connectivity index (χ2n) is 13.3. The summed E-state index contributed by atoms with van der Waals surface area (Å²) >= 11 is 0. The molecule has 0 aromatic heterocycles. The summed E-state index contributed by atoms with van der Waals surface area (Å²) in [6, 6.07) is -3.82. The van der Waals surface area contributed by atoms with Crippen molar-refractivity contribution in [3.05, 3.63) is 10.4 Å². The van der Waals surface area contributed by atoms with Gasteiger partial charge in [-0.1, -0.05) is 32.8 Å². The van der Waals surface area contributed by atoms with Crippen LogP contribution in [-0.2, 0) is 38.2 Å². The first-order valence-electron chi connectivity index (χ1n) is 16.5. The molecule has 3 aliphatic rings. The third-order valence-electron chi connectivity index (χ3n) is 8.78. The second-order valence-corrected chi connectivity index (χ2v) is 13.3. The maximum atomic E-state index is 14.1. The van der Waals surface area contributed by atoms with Gasteiger partial charge in [0.15, 0.2) is 6.10 Å². The molecule has 3 rings (SSSR count). The van der Waals surface area contributed by atoms with Crippen LogP contribution in [0.1, 0.15) is 72.6 Å². The van der Waals surface area contributed by atoms with Crippen LogP contribution in [0.2, 0.25) is 0 Å². The minimum Gasteiger partial charge on any atom is -0.452 e. The van der Waals surface area contributed by atoms with Crippen LogP contribution in [0.5, 0.6) is 0 Å². The van der Waals surface area contributed by atoms with Crippen molar-refractivity contribution in [2.24, 2.45) is 17.0 Å². The van der Waals surface area contributed by atoms with E-state index in [9.17, 15) is 28.8 Å². The van der Waals surface area contributed by atoms with Gasteiger partial charge < -0.3 is 34.8 Å². The predicted molar refractivity (Wildman–Crippen MR) is 169 cm³/mol. The molecular weight excluding hydrogens is 612 g/mol. The summed E-state index contributed by atoms with van der Waals surface area (Å²) in [6.45, 7) is 8.11. The molecule has 6 atom stereocenters. The fourth-order valence-electron chi connectivity index (χ4n) is 6.26. The molecule has 0 radical (unpaired) electrons. The van der Waals surface area contributed by atoms with E-state index < -0.39 is 65.8 Å². The topological polar surface area (TPSA) is 207 Å². The Morgan fingerprint density at radius 1 is 1.00 bits per heavy atom. The van der Waals surface area contributed by atoms with Gasteiger partial charge in [-0.15, -0.1) is 0 Å². The van der Waals surface area contributed by atoms with Gasteiger partial charge in [0, 0.05) is 45.1 Å². The van der Waals surface area contributed by atoms with Crippen LogP contribution in [0.15, 0.2) is 5.11 Å². The van der Waals surface area contributed by atoms with Gasteiger partial charge in [-0.2, -0.15) is 0 Å². The number of fused-ring (bicyclic) bond motifs is 1. The number of nitrogens with zero attached hydrogens (tertiary/aromatic N) is 6. The number of carbonyl (C=O) groups is 6. The van der Waals surface area contributed by atoms with Crippen LogP contribution in [0.3, 0.4) is 0 Å². The van der Waals surface area contributed by atoms with E-state index in [1.807, 2.05) is 13.8 Å². The summed E-state index contributed by atoms with van der Waals surface area (Å²) in [5.41, 5.74) is 8.68. The Morgan fingerprint density at radius 3 is 2.32 bits per heavy atom. The molecule has 3 fully saturated rings. The number of likely N-dealkylation sites (N-methyl/N-ethyl adjacent to an activating group) is 2. The standard InChI is InChI=1S/C31H50N8O8/c1-18(2)15-21-29(43)38(6)26(19(3)4)31(45)37(5)22(9-7-12-34-36-32)27(41)33-13-11-25(40)47-24(16-20-17-46-20)30(44)39-14-8-10-23(39)28(42)35-21/h18-24,26H,7-17H2,1-6H3,(H,33,41)(H,35,42)/t20-,21-,22?,23-,24+,26?/m0/s1. The third kappa shape index (κ3) is 10.3. The number of cyclic esters (lactones) is 1. The molecule has 3 saturated heterocycles. The van der Waals surface area contributed by atoms with Gasteiger partial charge in [-0.25, -0.2) is 0 Å². The van der Waals surface area contributed by atoms with Crippen molar-refractivity contribution in [1.29, 1.82) is 0 Å². The lowest BCUT2D eigenvalue weighted by atomic mass is 9.96. The first kappa shape index (κ1) is 37.5. The monoisotopic (exact) mass is 662 g/mol. The average molecular weight is 663 g/mol. The number of epoxide rings is 1. The molecule has 0 aromatic carbocycles. The number of hydrogen-bond donors (Lipinski definition) is 2. The average Bonchev–Trinajstić information content (AvgIpc) is 3.69. The van der Waals surface area contributed by atoms with E-state index in [4.69, 9.17) is 15.0 Å². The fourth-order valence-corrected chi connectivity index (χ4v) is 6.26. The van der Waals surface area contributed by atoms with Crippen LogP contribution >= 0.6 is 0 Å². The summed E-state index contributed by atoms with van der Waals surface area (Å²) in [4.78, 5) is 88.6. The predicted octanol–water partition coefficient (Wildman–Crippen LogP) is 1.13. The van der Waals surface area contributed by atoms with Crippen molar-refractivity contribution < 1.29 is 38.2 Å². The summed E-state index contributed by atoms with van der Waals surface area (Å²) in [5.74, 6) is -3.56. The van der Waals surface area contributed by atoms with E-state index in [1.54, 1.807) is 13.8 Å². The smallest absolute Gasteiger partial charge is 0.308 e. The van der Waals surface area contributed by atoms with Gasteiger partial charge in [-0.3, -0.25) is 28.8 Å². The Morgan fingerprint density at radius 2 is 1.70 bits per heavy atom. The van der Waals surface area contributed by atoms with E-state index >= 15 is 0 Å². The van der Waals surface area contributed by atoms with Gasteiger partial charge in [0.1, 0.15) is 24.2 Å². The molecule has 262 valence electrons. The molecule has 0 saturated carbocycles. The quantitative estimate of drug-likeness (QED) is 0.0911. The summed E-state index contributed by atoms with van der Waals surface area (Å²) in [6.07, 6.45) is 0.148. The second kappa shape index (κ2) is 17.3. The lowest BCUT2D eigenvalue weighted by molar-refractivity contribution is -0.162. The SMILES string of the molecule is CC(C)C[C@@H]1NC(=O)[C@@H]2CCCN2C(=O)[C@@H](C[C@H]2CO2)OC(=O)CCNC(=O)C(CCCN=[N+]=[N-])N(C)C(=O)C(C(C)C)N(C)C1=O.